The van der Waals surface area contributed by atoms with E-state index in [1.165, 1.54) is 0 Å². The Bertz CT molecular complexity index is 514. The average molecular weight is 290 g/mol. The third kappa shape index (κ3) is 4.04. The summed E-state index contributed by atoms with van der Waals surface area (Å²) in [7, 11) is 1.74. The molecule has 1 saturated heterocycles. The van der Waals surface area contributed by atoms with Crippen molar-refractivity contribution in [1.82, 2.24) is 10.2 Å². The molecule has 2 unspecified atom stereocenters. The summed E-state index contributed by atoms with van der Waals surface area (Å²) in [6.45, 7) is 2.16. The first kappa shape index (κ1) is 15.5. The number of likely N-dealkylation sites (N-methyl/N-ethyl adjacent to an activating group) is 1. The van der Waals surface area contributed by atoms with Gasteiger partial charge in [-0.15, -0.1) is 0 Å². The van der Waals surface area contributed by atoms with Crippen LogP contribution in [0.5, 0.6) is 0 Å². The van der Waals surface area contributed by atoms with Gasteiger partial charge in [0.15, 0.2) is 0 Å². The van der Waals surface area contributed by atoms with Gasteiger partial charge >= 0.3 is 0 Å². The number of nitrogens with one attached hydrogen (secondary N) is 1. The SMILES string of the molecule is CN1CC(NC(=O)CC(C)(O)c2ccccc2)CCC1=O. The molecule has 1 aliphatic rings. The minimum Gasteiger partial charge on any atom is -0.385 e. The molecule has 1 aromatic carbocycles. The molecule has 0 bridgehead atoms. The standard InChI is InChI=1S/C16H22N2O3/c1-16(21,12-6-4-3-5-7-12)10-14(19)17-13-8-9-15(20)18(2)11-13/h3-7,13,21H,8-11H2,1-2H3,(H,17,19). The molecule has 5 nitrogen and oxygen atoms in total. The van der Waals surface area contributed by atoms with E-state index in [4.69, 9.17) is 0 Å². The molecule has 0 spiro atoms. The number of amides is 2. The van der Waals surface area contributed by atoms with Crippen LogP contribution in [0.25, 0.3) is 0 Å². The van der Waals surface area contributed by atoms with Crippen LogP contribution in [0.1, 0.15) is 31.7 Å². The van der Waals surface area contributed by atoms with Crippen LogP contribution in [0, 0.1) is 0 Å². The number of rotatable bonds is 4. The predicted octanol–water partition coefficient (Wildman–Crippen LogP) is 1.02. The summed E-state index contributed by atoms with van der Waals surface area (Å²) in [5, 5.41) is 13.4. The van der Waals surface area contributed by atoms with Crippen LogP contribution in [-0.4, -0.2) is 41.5 Å². The summed E-state index contributed by atoms with van der Waals surface area (Å²) < 4.78 is 0. The summed E-state index contributed by atoms with van der Waals surface area (Å²) >= 11 is 0. The Kier molecular flexibility index (Phi) is 4.63. The molecular formula is C16H22N2O3. The van der Waals surface area contributed by atoms with Gasteiger partial charge in [-0.2, -0.15) is 0 Å². The van der Waals surface area contributed by atoms with Crippen molar-refractivity contribution in [2.24, 2.45) is 0 Å². The van der Waals surface area contributed by atoms with E-state index < -0.39 is 5.60 Å². The number of piperidine rings is 1. The van der Waals surface area contributed by atoms with Crippen LogP contribution in [0.3, 0.4) is 0 Å². The number of carbonyl (C=O) groups excluding carboxylic acids is 2. The summed E-state index contributed by atoms with van der Waals surface area (Å²) in [5.74, 6) is -0.0895. The Morgan fingerprint density at radius 2 is 2.10 bits per heavy atom. The number of hydrogen-bond acceptors (Lipinski definition) is 3. The van der Waals surface area contributed by atoms with Gasteiger partial charge in [0, 0.05) is 26.1 Å². The second-order valence-electron chi connectivity index (χ2n) is 5.89. The lowest BCUT2D eigenvalue weighted by Crippen LogP contribution is -2.49. The van der Waals surface area contributed by atoms with E-state index in [-0.39, 0.29) is 24.3 Å². The maximum atomic E-state index is 12.1. The highest BCUT2D eigenvalue weighted by Gasteiger charge is 2.29. The lowest BCUT2D eigenvalue weighted by atomic mass is 9.92. The van der Waals surface area contributed by atoms with E-state index in [0.717, 1.165) is 5.56 Å². The second-order valence-corrected chi connectivity index (χ2v) is 5.89. The molecule has 5 heteroatoms. The molecule has 0 aliphatic carbocycles. The minimum atomic E-state index is -1.19. The van der Waals surface area contributed by atoms with Gasteiger partial charge in [-0.3, -0.25) is 9.59 Å². The van der Waals surface area contributed by atoms with Gasteiger partial charge in [0.1, 0.15) is 0 Å². The van der Waals surface area contributed by atoms with Crippen LogP contribution in [0.2, 0.25) is 0 Å². The second kappa shape index (κ2) is 6.26. The molecule has 114 valence electrons. The van der Waals surface area contributed by atoms with Gasteiger partial charge in [0.2, 0.25) is 11.8 Å². The highest BCUT2D eigenvalue weighted by Crippen LogP contribution is 2.24. The highest BCUT2D eigenvalue weighted by atomic mass is 16.3. The Hall–Kier alpha value is -1.88. The van der Waals surface area contributed by atoms with Crippen LogP contribution in [0.15, 0.2) is 30.3 Å². The summed E-state index contributed by atoms with van der Waals surface area (Å²) in [6.07, 6.45) is 1.12. The van der Waals surface area contributed by atoms with Crippen molar-refractivity contribution in [1.29, 1.82) is 0 Å². The van der Waals surface area contributed by atoms with Crippen molar-refractivity contribution in [3.8, 4) is 0 Å². The molecular weight excluding hydrogens is 268 g/mol. The summed E-state index contributed by atoms with van der Waals surface area (Å²) in [5.41, 5.74) is -0.474. The number of hydrogen-bond donors (Lipinski definition) is 2. The van der Waals surface area contributed by atoms with Crippen molar-refractivity contribution in [2.75, 3.05) is 13.6 Å². The van der Waals surface area contributed by atoms with Crippen molar-refractivity contribution >= 4 is 11.8 Å². The molecule has 2 amide bonds. The number of carbonyl (C=O) groups is 2. The fourth-order valence-corrected chi connectivity index (χ4v) is 2.62. The van der Waals surface area contributed by atoms with E-state index in [9.17, 15) is 14.7 Å². The minimum absolute atomic E-state index is 0.00513. The van der Waals surface area contributed by atoms with Gasteiger partial charge in [-0.1, -0.05) is 30.3 Å². The molecule has 1 heterocycles. The normalized spacial score (nSPS) is 21.8. The largest absolute Gasteiger partial charge is 0.385 e. The third-order valence-corrected chi connectivity index (χ3v) is 3.89. The van der Waals surface area contributed by atoms with Crippen LogP contribution >= 0.6 is 0 Å². The van der Waals surface area contributed by atoms with Crippen molar-refractivity contribution in [2.45, 2.75) is 37.8 Å². The first-order valence-electron chi connectivity index (χ1n) is 7.20. The van der Waals surface area contributed by atoms with E-state index in [1.807, 2.05) is 18.2 Å². The Balaban J connectivity index is 1.91. The van der Waals surface area contributed by atoms with Crippen LogP contribution < -0.4 is 5.32 Å². The fraction of sp³-hybridized carbons (Fsp3) is 0.500. The molecule has 2 atom stereocenters. The molecule has 0 radical (unpaired) electrons. The van der Waals surface area contributed by atoms with E-state index in [2.05, 4.69) is 5.32 Å². The van der Waals surface area contributed by atoms with E-state index in [0.29, 0.717) is 19.4 Å². The van der Waals surface area contributed by atoms with Crippen molar-refractivity contribution in [3.05, 3.63) is 35.9 Å². The molecule has 0 saturated carbocycles. The molecule has 2 rings (SSSR count). The first-order valence-corrected chi connectivity index (χ1v) is 7.20. The Morgan fingerprint density at radius 1 is 1.43 bits per heavy atom. The lowest BCUT2D eigenvalue weighted by Gasteiger charge is -2.31. The number of likely N-dealkylation sites (tertiary alicyclic amines) is 1. The van der Waals surface area contributed by atoms with Gasteiger partial charge in [0.25, 0.3) is 0 Å². The average Bonchev–Trinajstić information content (AvgIpc) is 2.43. The lowest BCUT2D eigenvalue weighted by molar-refractivity contribution is -0.134. The zero-order valence-electron chi connectivity index (χ0n) is 12.5. The number of benzene rings is 1. The third-order valence-electron chi connectivity index (χ3n) is 3.89. The van der Waals surface area contributed by atoms with Gasteiger partial charge in [-0.05, 0) is 18.9 Å². The molecule has 1 aromatic rings. The van der Waals surface area contributed by atoms with Crippen molar-refractivity contribution < 1.29 is 14.7 Å². The van der Waals surface area contributed by atoms with Crippen molar-refractivity contribution in [3.63, 3.8) is 0 Å². The summed E-state index contributed by atoms with van der Waals surface area (Å²) in [6, 6.07) is 9.12. The highest BCUT2D eigenvalue weighted by molar-refractivity contribution is 5.79. The smallest absolute Gasteiger partial charge is 0.223 e. The summed E-state index contributed by atoms with van der Waals surface area (Å²) in [4.78, 5) is 25.2. The van der Waals surface area contributed by atoms with Gasteiger partial charge in [-0.25, -0.2) is 0 Å². The van der Waals surface area contributed by atoms with Crippen LogP contribution in [0.4, 0.5) is 0 Å². The Labute approximate surface area is 125 Å². The van der Waals surface area contributed by atoms with E-state index in [1.54, 1.807) is 31.0 Å². The topological polar surface area (TPSA) is 69.6 Å². The molecule has 1 fully saturated rings. The molecule has 2 N–H and O–H groups in total. The van der Waals surface area contributed by atoms with Gasteiger partial charge < -0.3 is 15.3 Å². The maximum Gasteiger partial charge on any atom is 0.223 e. The van der Waals surface area contributed by atoms with E-state index >= 15 is 0 Å². The molecule has 0 aromatic heterocycles. The molecule has 21 heavy (non-hydrogen) atoms. The fourth-order valence-electron chi connectivity index (χ4n) is 2.62. The predicted molar refractivity (Wildman–Crippen MR) is 79.4 cm³/mol. The number of aliphatic hydroxyl groups is 1. The monoisotopic (exact) mass is 290 g/mol. The maximum absolute atomic E-state index is 12.1. The van der Waals surface area contributed by atoms with Gasteiger partial charge in [0.05, 0.1) is 12.0 Å². The Morgan fingerprint density at radius 3 is 2.71 bits per heavy atom. The number of nitrogens with zero attached hydrogens (tertiary/aromatic N) is 1. The van der Waals surface area contributed by atoms with Crippen LogP contribution in [-0.2, 0) is 15.2 Å². The first-order chi connectivity index (χ1) is 9.88. The molecule has 1 aliphatic heterocycles. The quantitative estimate of drug-likeness (QED) is 0.870. The zero-order chi connectivity index (χ0) is 15.5. The zero-order valence-corrected chi connectivity index (χ0v) is 12.5.